The van der Waals surface area contributed by atoms with Gasteiger partial charge in [-0.3, -0.25) is 14.4 Å². The van der Waals surface area contributed by atoms with E-state index < -0.39 is 11.9 Å². The molecule has 2 aliphatic rings. The molecule has 3 aromatic rings. The number of ether oxygens (including phenoxy) is 2. The molecular formula is C27H26FN3O5. The molecule has 1 aromatic heterocycles. The van der Waals surface area contributed by atoms with Gasteiger partial charge in [-0.05, 0) is 23.3 Å². The van der Waals surface area contributed by atoms with Crippen LogP contribution in [0.3, 0.4) is 0 Å². The largest absolute Gasteiger partial charge is 0.486 e. The number of likely N-dealkylation sites (N-methyl/N-ethyl adjacent to an activating group) is 1. The number of hydrogen-bond donors (Lipinski definition) is 0. The fourth-order valence-electron chi connectivity index (χ4n) is 4.85. The number of nitrogens with zero attached hydrogens (tertiary/aromatic N) is 3. The zero-order valence-corrected chi connectivity index (χ0v) is 20.1. The molecular weight excluding hydrogens is 465 g/mol. The van der Waals surface area contributed by atoms with Gasteiger partial charge in [0.25, 0.3) is 11.8 Å². The van der Waals surface area contributed by atoms with Crippen molar-refractivity contribution < 1.29 is 28.2 Å². The van der Waals surface area contributed by atoms with Crippen molar-refractivity contribution in [1.29, 1.82) is 0 Å². The van der Waals surface area contributed by atoms with E-state index in [2.05, 4.69) is 0 Å². The van der Waals surface area contributed by atoms with Crippen LogP contribution in [-0.4, -0.2) is 59.4 Å². The van der Waals surface area contributed by atoms with Crippen LogP contribution in [0.15, 0.2) is 54.6 Å². The summed E-state index contributed by atoms with van der Waals surface area (Å²) in [7, 11) is 2.99. The first-order chi connectivity index (χ1) is 17.4. The van der Waals surface area contributed by atoms with Gasteiger partial charge in [-0.2, -0.15) is 0 Å². The van der Waals surface area contributed by atoms with E-state index in [4.69, 9.17) is 9.47 Å². The molecule has 2 amide bonds. The van der Waals surface area contributed by atoms with E-state index >= 15 is 0 Å². The van der Waals surface area contributed by atoms with E-state index in [0.29, 0.717) is 24.3 Å². The number of methoxy groups -OCH3 is 1. The molecule has 0 saturated heterocycles. The average molecular weight is 492 g/mol. The summed E-state index contributed by atoms with van der Waals surface area (Å²) in [6, 6.07) is 15.3. The smallest absolute Gasteiger partial charge is 0.316 e. The van der Waals surface area contributed by atoms with Gasteiger partial charge in [0.15, 0.2) is 11.4 Å². The highest BCUT2D eigenvalue weighted by Crippen LogP contribution is 2.42. The Bertz CT molecular complexity index is 1320. The Balaban J connectivity index is 1.62. The molecule has 0 N–H and O–H groups in total. The van der Waals surface area contributed by atoms with Gasteiger partial charge in [0, 0.05) is 33.2 Å². The molecule has 3 heterocycles. The van der Waals surface area contributed by atoms with E-state index in [0.717, 1.165) is 5.56 Å². The summed E-state index contributed by atoms with van der Waals surface area (Å²) in [5, 5.41) is 0. The van der Waals surface area contributed by atoms with Crippen molar-refractivity contribution in [2.75, 3.05) is 27.2 Å². The number of hydrogen-bond acceptors (Lipinski definition) is 5. The molecule has 1 unspecified atom stereocenters. The number of fused-ring (bicyclic) bond motifs is 3. The third kappa shape index (κ3) is 4.10. The van der Waals surface area contributed by atoms with Gasteiger partial charge in [-0.15, -0.1) is 0 Å². The predicted molar refractivity (Wildman–Crippen MR) is 128 cm³/mol. The summed E-state index contributed by atoms with van der Waals surface area (Å²) in [4.78, 5) is 43.2. The second-order valence-corrected chi connectivity index (χ2v) is 8.98. The molecule has 9 heteroatoms. The first kappa shape index (κ1) is 23.6. The summed E-state index contributed by atoms with van der Waals surface area (Å²) >= 11 is 0. The maximum absolute atomic E-state index is 13.9. The second-order valence-electron chi connectivity index (χ2n) is 8.98. The summed E-state index contributed by atoms with van der Waals surface area (Å²) < 4.78 is 26.4. The van der Waals surface area contributed by atoms with Crippen LogP contribution in [-0.2, 0) is 29.2 Å². The van der Waals surface area contributed by atoms with Crippen molar-refractivity contribution in [3.05, 3.63) is 88.5 Å². The number of amides is 2. The SMILES string of the molecule is COC(=O)C1CN(Cc2ccc(F)cc2)C(=O)c2c(OCc3ccccc3)c3n(c21)CCN(C)C3=O. The molecule has 36 heavy (non-hydrogen) atoms. The minimum Gasteiger partial charge on any atom is -0.486 e. The third-order valence-corrected chi connectivity index (χ3v) is 6.70. The quantitative estimate of drug-likeness (QED) is 0.495. The van der Waals surface area contributed by atoms with E-state index in [1.54, 1.807) is 28.6 Å². The molecule has 0 saturated carbocycles. The Morgan fingerprint density at radius 1 is 1.00 bits per heavy atom. The lowest BCUT2D eigenvalue weighted by atomic mass is 9.94. The van der Waals surface area contributed by atoms with E-state index in [1.807, 2.05) is 30.3 Å². The van der Waals surface area contributed by atoms with Crippen molar-refractivity contribution in [2.45, 2.75) is 25.6 Å². The number of benzene rings is 2. The highest BCUT2D eigenvalue weighted by Gasteiger charge is 2.45. The number of carbonyl (C=O) groups excluding carboxylic acids is 3. The fraction of sp³-hybridized carbons (Fsp3) is 0.296. The van der Waals surface area contributed by atoms with Gasteiger partial charge in [0.2, 0.25) is 0 Å². The number of rotatable bonds is 6. The lowest BCUT2D eigenvalue weighted by Gasteiger charge is -2.33. The number of halogens is 1. The fourth-order valence-corrected chi connectivity index (χ4v) is 4.85. The molecule has 0 fully saturated rings. The maximum atomic E-state index is 13.9. The highest BCUT2D eigenvalue weighted by atomic mass is 19.1. The van der Waals surface area contributed by atoms with Crippen LogP contribution in [0.4, 0.5) is 4.39 Å². The Morgan fingerprint density at radius 3 is 2.42 bits per heavy atom. The predicted octanol–water partition coefficient (Wildman–Crippen LogP) is 3.20. The van der Waals surface area contributed by atoms with E-state index in [-0.39, 0.29) is 54.3 Å². The van der Waals surface area contributed by atoms with Crippen molar-refractivity contribution >= 4 is 17.8 Å². The Hall–Kier alpha value is -4.14. The first-order valence-corrected chi connectivity index (χ1v) is 11.7. The van der Waals surface area contributed by atoms with Gasteiger partial charge < -0.3 is 23.8 Å². The first-order valence-electron chi connectivity index (χ1n) is 11.7. The molecule has 8 nitrogen and oxygen atoms in total. The Labute approximate surface area is 207 Å². The molecule has 0 aliphatic carbocycles. The molecule has 2 aliphatic heterocycles. The van der Waals surface area contributed by atoms with Crippen molar-refractivity contribution in [2.24, 2.45) is 0 Å². The molecule has 2 aromatic carbocycles. The molecule has 1 atom stereocenters. The van der Waals surface area contributed by atoms with E-state index in [9.17, 15) is 18.8 Å². The zero-order valence-electron chi connectivity index (χ0n) is 20.1. The number of aromatic nitrogens is 1. The Kier molecular flexibility index (Phi) is 6.22. The van der Waals surface area contributed by atoms with Crippen molar-refractivity contribution in [1.82, 2.24) is 14.4 Å². The summed E-state index contributed by atoms with van der Waals surface area (Å²) in [6.45, 7) is 1.25. The minimum atomic E-state index is -0.799. The second kappa shape index (κ2) is 9.49. The molecule has 0 radical (unpaired) electrons. The minimum absolute atomic E-state index is 0.0709. The van der Waals surface area contributed by atoms with Crippen LogP contribution in [0.25, 0.3) is 0 Å². The van der Waals surface area contributed by atoms with Crippen molar-refractivity contribution in [3.8, 4) is 5.75 Å². The van der Waals surface area contributed by atoms with Gasteiger partial charge in [-0.25, -0.2) is 4.39 Å². The van der Waals surface area contributed by atoms with Gasteiger partial charge in [0.1, 0.15) is 23.9 Å². The zero-order chi connectivity index (χ0) is 25.4. The molecule has 0 spiro atoms. The Morgan fingerprint density at radius 2 is 1.72 bits per heavy atom. The van der Waals surface area contributed by atoms with Gasteiger partial charge in [-0.1, -0.05) is 42.5 Å². The standard InChI is InChI=1S/C27H26FN3O5/c1-29-12-13-31-22-20(27(34)35-2)15-30(14-17-8-10-19(28)11-9-17)25(32)21(22)24(23(31)26(29)33)36-16-18-6-4-3-5-7-18/h3-11,20H,12-16H2,1-2H3. The van der Waals surface area contributed by atoms with Crippen molar-refractivity contribution in [3.63, 3.8) is 0 Å². The number of carbonyl (C=O) groups is 3. The molecule has 5 rings (SSSR count). The van der Waals surface area contributed by atoms with Crippen LogP contribution < -0.4 is 4.74 Å². The van der Waals surface area contributed by atoms with Crippen LogP contribution >= 0.6 is 0 Å². The lowest BCUT2D eigenvalue weighted by Crippen LogP contribution is -2.43. The van der Waals surface area contributed by atoms with E-state index in [1.165, 1.54) is 24.1 Å². The molecule has 0 bridgehead atoms. The van der Waals surface area contributed by atoms with Gasteiger partial charge in [0.05, 0.1) is 12.8 Å². The monoisotopic (exact) mass is 491 g/mol. The normalized spacial score (nSPS) is 17.0. The average Bonchev–Trinajstić information content (AvgIpc) is 3.23. The topological polar surface area (TPSA) is 81.1 Å². The lowest BCUT2D eigenvalue weighted by molar-refractivity contribution is -0.143. The van der Waals surface area contributed by atoms with Crippen LogP contribution in [0.5, 0.6) is 5.75 Å². The van der Waals surface area contributed by atoms with Crippen LogP contribution in [0, 0.1) is 5.82 Å². The maximum Gasteiger partial charge on any atom is 0.316 e. The van der Waals surface area contributed by atoms with Crippen LogP contribution in [0.2, 0.25) is 0 Å². The summed E-state index contributed by atoms with van der Waals surface area (Å²) in [5.41, 5.74) is 2.49. The highest BCUT2D eigenvalue weighted by molar-refractivity contribution is 6.07. The summed E-state index contributed by atoms with van der Waals surface area (Å²) in [5.74, 6) is -2.14. The molecule has 186 valence electrons. The van der Waals surface area contributed by atoms with Gasteiger partial charge >= 0.3 is 5.97 Å². The summed E-state index contributed by atoms with van der Waals surface area (Å²) in [6.07, 6.45) is 0. The van der Waals surface area contributed by atoms with Crippen LogP contribution in [0.1, 0.15) is 43.6 Å². The number of esters is 1. The third-order valence-electron chi connectivity index (χ3n) is 6.70.